The van der Waals surface area contributed by atoms with Gasteiger partial charge in [-0.3, -0.25) is 0 Å². The first-order chi connectivity index (χ1) is 5.66. The van der Waals surface area contributed by atoms with E-state index in [0.29, 0.717) is 0 Å². The van der Waals surface area contributed by atoms with Gasteiger partial charge in [0.1, 0.15) is 0 Å². The topological polar surface area (TPSA) is 0 Å². The van der Waals surface area contributed by atoms with Gasteiger partial charge in [0.2, 0.25) is 0 Å². The average molecular weight is 355 g/mol. The number of rotatable bonds is 0. The Balaban J connectivity index is -0.0000000213. The summed E-state index contributed by atoms with van der Waals surface area (Å²) in [6.07, 6.45) is 5.75. The maximum absolute atomic E-state index is 3.49. The molecule has 0 aliphatic rings. The standard InChI is InChI=1S/C3H8.C3H7.2C3H6.W/c4*1-3-2;/h3H2,1-2H3;1,3H2,2H3;2*3H,1H2,2H3;/q;-1;;;. The normalized spacial score (nSPS) is 4.77. The van der Waals surface area contributed by atoms with Gasteiger partial charge in [-0.05, 0) is 13.8 Å². The van der Waals surface area contributed by atoms with Crippen LogP contribution in [0.15, 0.2) is 25.3 Å². The van der Waals surface area contributed by atoms with Gasteiger partial charge in [0.25, 0.3) is 0 Å². The fourth-order valence-electron chi connectivity index (χ4n) is 0. The van der Waals surface area contributed by atoms with Crippen LogP contribution in [0.2, 0.25) is 0 Å². The van der Waals surface area contributed by atoms with Crippen LogP contribution in [-0.2, 0) is 21.1 Å². The molecule has 82 valence electrons. The fraction of sp³-hybridized carbons (Fsp3) is 0.583. The molecule has 0 aromatic heterocycles. The van der Waals surface area contributed by atoms with Gasteiger partial charge in [-0.1, -0.05) is 39.3 Å². The molecule has 0 unspecified atom stereocenters. The summed E-state index contributed by atoms with van der Waals surface area (Å²) in [5.74, 6) is 0. The third kappa shape index (κ3) is 44400. The number of hydrogen-bond donors (Lipinski definition) is 0. The van der Waals surface area contributed by atoms with Crippen molar-refractivity contribution in [3.8, 4) is 0 Å². The van der Waals surface area contributed by atoms with Crippen molar-refractivity contribution in [2.75, 3.05) is 0 Å². The number of allylic oxidation sites excluding steroid dienone is 2. The van der Waals surface area contributed by atoms with Gasteiger partial charge in [-0.25, -0.2) is 0 Å². The molecule has 0 N–H and O–H groups in total. The van der Waals surface area contributed by atoms with Crippen molar-refractivity contribution in [1.82, 2.24) is 0 Å². The van der Waals surface area contributed by atoms with Crippen molar-refractivity contribution in [3.05, 3.63) is 32.2 Å². The minimum Gasteiger partial charge on any atom is -0.344 e. The quantitative estimate of drug-likeness (QED) is 0.422. The summed E-state index contributed by atoms with van der Waals surface area (Å²) in [7, 11) is 0. The Hall–Kier alpha value is 0.168. The average Bonchev–Trinajstić information content (AvgIpc) is 1.92. The van der Waals surface area contributed by atoms with Crippen molar-refractivity contribution >= 4 is 0 Å². The Morgan fingerprint density at radius 3 is 1.00 bits per heavy atom. The molecule has 0 aromatic carbocycles. The molecular weight excluding hydrogens is 328 g/mol. The molecule has 0 aliphatic carbocycles. The van der Waals surface area contributed by atoms with Crippen LogP contribution < -0.4 is 0 Å². The summed E-state index contributed by atoms with van der Waals surface area (Å²) in [4.78, 5) is 0. The van der Waals surface area contributed by atoms with E-state index in [1.807, 2.05) is 20.8 Å². The second-order valence-corrected chi connectivity index (χ2v) is 2.02. The summed E-state index contributed by atoms with van der Waals surface area (Å²) in [6.45, 7) is 20.2. The summed E-state index contributed by atoms with van der Waals surface area (Å²) < 4.78 is 0. The maximum Gasteiger partial charge on any atom is 0 e. The predicted molar refractivity (Wildman–Crippen MR) is 63.4 cm³/mol. The molecule has 0 atom stereocenters. The molecule has 0 radical (unpaired) electrons. The number of hydrogen-bond acceptors (Lipinski definition) is 0. The molecule has 0 aromatic rings. The molecule has 0 spiro atoms. The van der Waals surface area contributed by atoms with Crippen LogP contribution in [0.25, 0.3) is 0 Å². The van der Waals surface area contributed by atoms with Gasteiger partial charge in [0, 0.05) is 21.1 Å². The van der Waals surface area contributed by atoms with Crippen LogP contribution in [0.3, 0.4) is 0 Å². The fourth-order valence-corrected chi connectivity index (χ4v) is 0. The summed E-state index contributed by atoms with van der Waals surface area (Å²) in [5.41, 5.74) is 0. The van der Waals surface area contributed by atoms with E-state index in [9.17, 15) is 0 Å². The largest absolute Gasteiger partial charge is 0.344 e. The molecule has 0 saturated carbocycles. The molecule has 0 amide bonds. The molecule has 0 fully saturated rings. The molecule has 0 saturated heterocycles. The zero-order valence-electron chi connectivity index (χ0n) is 10.1. The van der Waals surface area contributed by atoms with Crippen molar-refractivity contribution in [2.45, 2.75) is 47.5 Å². The van der Waals surface area contributed by atoms with Crippen LogP contribution >= 0.6 is 0 Å². The smallest absolute Gasteiger partial charge is 0 e. The van der Waals surface area contributed by atoms with Crippen LogP contribution in [0.1, 0.15) is 47.5 Å². The SMILES string of the molecule is C=CC.C=CC.CCC.[CH2-]CC.[W]. The Kier molecular flexibility index (Phi) is 196. The van der Waals surface area contributed by atoms with Crippen LogP contribution in [-0.4, -0.2) is 0 Å². The summed E-state index contributed by atoms with van der Waals surface area (Å²) in [5, 5.41) is 0. The van der Waals surface area contributed by atoms with Crippen LogP contribution in [0, 0.1) is 6.92 Å². The second kappa shape index (κ2) is 87.4. The third-order valence-corrected chi connectivity index (χ3v) is 0. The van der Waals surface area contributed by atoms with Crippen molar-refractivity contribution in [2.24, 2.45) is 0 Å². The first-order valence-corrected chi connectivity index (χ1v) is 4.59. The van der Waals surface area contributed by atoms with E-state index in [1.54, 1.807) is 12.2 Å². The molecule has 1 heteroatoms. The summed E-state index contributed by atoms with van der Waals surface area (Å²) in [6, 6.07) is 0. The van der Waals surface area contributed by atoms with Gasteiger partial charge in [0.15, 0.2) is 0 Å². The van der Waals surface area contributed by atoms with E-state index in [4.69, 9.17) is 0 Å². The minimum absolute atomic E-state index is 0. The zero-order valence-corrected chi connectivity index (χ0v) is 13.0. The molecule has 13 heavy (non-hydrogen) atoms. The zero-order chi connectivity index (χ0) is 10.8. The Bertz CT molecular complexity index is 41.1. The van der Waals surface area contributed by atoms with Gasteiger partial charge in [-0.15, -0.1) is 13.2 Å². The van der Waals surface area contributed by atoms with Gasteiger partial charge >= 0.3 is 0 Å². The van der Waals surface area contributed by atoms with E-state index >= 15 is 0 Å². The van der Waals surface area contributed by atoms with Gasteiger partial charge in [-0.2, -0.15) is 6.42 Å². The van der Waals surface area contributed by atoms with E-state index in [0.717, 1.165) is 6.42 Å². The molecule has 0 nitrogen and oxygen atoms in total. The van der Waals surface area contributed by atoms with Crippen LogP contribution in [0.5, 0.6) is 0 Å². The third-order valence-electron chi connectivity index (χ3n) is 0. The minimum atomic E-state index is 0. The van der Waals surface area contributed by atoms with E-state index in [1.165, 1.54) is 6.42 Å². The van der Waals surface area contributed by atoms with Crippen molar-refractivity contribution in [3.63, 3.8) is 0 Å². The summed E-state index contributed by atoms with van der Waals surface area (Å²) >= 11 is 0. The Labute approximate surface area is 101 Å². The van der Waals surface area contributed by atoms with Crippen LogP contribution in [0.4, 0.5) is 0 Å². The van der Waals surface area contributed by atoms with E-state index in [-0.39, 0.29) is 21.1 Å². The first kappa shape index (κ1) is 29.2. The van der Waals surface area contributed by atoms with Crippen molar-refractivity contribution < 1.29 is 21.1 Å². The molecule has 0 heterocycles. The van der Waals surface area contributed by atoms with Gasteiger partial charge in [0.05, 0.1) is 0 Å². The Morgan fingerprint density at radius 1 is 1.00 bits per heavy atom. The van der Waals surface area contributed by atoms with Crippen molar-refractivity contribution in [1.29, 1.82) is 0 Å². The maximum atomic E-state index is 3.49. The molecule has 0 aliphatic heterocycles. The molecule has 0 bridgehead atoms. The van der Waals surface area contributed by atoms with Gasteiger partial charge < -0.3 is 6.92 Å². The predicted octanol–water partition coefficient (Wildman–Crippen LogP) is 5.03. The Morgan fingerprint density at radius 2 is 1.00 bits per heavy atom. The molecular formula is C12H27W-. The monoisotopic (exact) mass is 355 g/mol. The van der Waals surface area contributed by atoms with E-state index in [2.05, 4.69) is 33.9 Å². The second-order valence-electron chi connectivity index (χ2n) is 2.02. The van der Waals surface area contributed by atoms with E-state index < -0.39 is 0 Å². The first-order valence-electron chi connectivity index (χ1n) is 4.59. The molecule has 0 rings (SSSR count).